The first-order chi connectivity index (χ1) is 12.5. The quantitative estimate of drug-likeness (QED) is 0.626. The second-order valence-corrected chi connectivity index (χ2v) is 6.79. The molecule has 5 N–H and O–H groups in total. The Kier molecular flexibility index (Phi) is 5.62. The Labute approximate surface area is 153 Å². The monoisotopic (exact) mass is 355 g/mol. The molecule has 3 rings (SSSR count). The van der Waals surface area contributed by atoms with Crippen LogP contribution in [0, 0.1) is 0 Å². The second kappa shape index (κ2) is 8.09. The fraction of sp³-hybridized carbons (Fsp3) is 0.444. The minimum atomic E-state index is -0.669. The van der Waals surface area contributed by atoms with Crippen molar-refractivity contribution in [1.82, 2.24) is 20.5 Å². The molecular weight excluding hydrogens is 330 g/mol. The molecule has 0 spiro atoms. The highest BCUT2D eigenvalue weighted by Crippen LogP contribution is 2.21. The molecule has 1 aromatic carbocycles. The van der Waals surface area contributed by atoms with Gasteiger partial charge in [0.15, 0.2) is 11.5 Å². The number of nitrogens with two attached hydrogens (primary N) is 1. The standard InChI is InChI=1S/C18H25N7O/c1-11(2)12-5-7-13(8-6-12)21-17-15(16(19)26)24-25-18(23-17)22-14-4-3-9-20-10-14/h5-8,11,14,20H,3-4,9-10H2,1-2H3,(H2,19,26)(H2,21,22,23,25)/t14-/m0/s1. The molecule has 8 heteroatoms. The van der Waals surface area contributed by atoms with Crippen molar-refractivity contribution < 1.29 is 4.79 Å². The van der Waals surface area contributed by atoms with Crippen LogP contribution in [0.15, 0.2) is 24.3 Å². The molecule has 1 saturated heterocycles. The maximum absolute atomic E-state index is 11.7. The average molecular weight is 355 g/mol. The number of benzene rings is 1. The molecule has 0 bridgehead atoms. The van der Waals surface area contributed by atoms with Gasteiger partial charge in [0.25, 0.3) is 5.91 Å². The molecule has 0 radical (unpaired) electrons. The lowest BCUT2D eigenvalue weighted by atomic mass is 10.0. The first-order valence-electron chi connectivity index (χ1n) is 8.91. The Morgan fingerprint density at radius 1 is 1.27 bits per heavy atom. The summed E-state index contributed by atoms with van der Waals surface area (Å²) in [5.74, 6) is 0.462. The second-order valence-electron chi connectivity index (χ2n) is 6.79. The van der Waals surface area contributed by atoms with E-state index >= 15 is 0 Å². The zero-order valence-electron chi connectivity index (χ0n) is 15.1. The molecular formula is C18H25N7O. The van der Waals surface area contributed by atoms with Crippen LogP contribution in [0.2, 0.25) is 0 Å². The van der Waals surface area contributed by atoms with Gasteiger partial charge in [-0.2, -0.15) is 4.98 Å². The molecule has 26 heavy (non-hydrogen) atoms. The van der Waals surface area contributed by atoms with E-state index in [2.05, 4.69) is 45.0 Å². The molecule has 1 aromatic heterocycles. The van der Waals surface area contributed by atoms with E-state index in [4.69, 9.17) is 5.73 Å². The van der Waals surface area contributed by atoms with E-state index in [9.17, 15) is 4.79 Å². The highest BCUT2D eigenvalue weighted by atomic mass is 16.1. The van der Waals surface area contributed by atoms with Crippen molar-refractivity contribution in [2.24, 2.45) is 5.73 Å². The summed E-state index contributed by atoms with van der Waals surface area (Å²) in [6, 6.07) is 8.21. The van der Waals surface area contributed by atoms with Gasteiger partial charge >= 0.3 is 0 Å². The Morgan fingerprint density at radius 2 is 2.04 bits per heavy atom. The normalized spacial score (nSPS) is 17.1. The third-order valence-corrected chi connectivity index (χ3v) is 4.39. The topological polar surface area (TPSA) is 118 Å². The van der Waals surface area contributed by atoms with Crippen LogP contribution >= 0.6 is 0 Å². The van der Waals surface area contributed by atoms with E-state index < -0.39 is 5.91 Å². The predicted molar refractivity (Wildman–Crippen MR) is 102 cm³/mol. The van der Waals surface area contributed by atoms with Crippen LogP contribution in [0.4, 0.5) is 17.5 Å². The minimum Gasteiger partial charge on any atom is -0.364 e. The van der Waals surface area contributed by atoms with Crippen molar-refractivity contribution in [3.63, 3.8) is 0 Å². The van der Waals surface area contributed by atoms with Crippen molar-refractivity contribution >= 4 is 23.4 Å². The predicted octanol–water partition coefficient (Wildman–Crippen LogP) is 2.00. The first kappa shape index (κ1) is 18.1. The fourth-order valence-corrected chi connectivity index (χ4v) is 2.89. The lowest BCUT2D eigenvalue weighted by Gasteiger charge is -2.23. The molecule has 0 saturated carbocycles. The fourth-order valence-electron chi connectivity index (χ4n) is 2.89. The van der Waals surface area contributed by atoms with Gasteiger partial charge in [-0.1, -0.05) is 26.0 Å². The Bertz CT molecular complexity index is 755. The van der Waals surface area contributed by atoms with Gasteiger partial charge in [0.05, 0.1) is 0 Å². The number of carbonyl (C=O) groups excluding carboxylic acids is 1. The number of rotatable bonds is 6. The summed E-state index contributed by atoms with van der Waals surface area (Å²) in [6.45, 7) is 6.15. The number of piperidine rings is 1. The Balaban J connectivity index is 1.80. The molecule has 0 aliphatic carbocycles. The summed E-state index contributed by atoms with van der Waals surface area (Å²) in [7, 11) is 0. The van der Waals surface area contributed by atoms with Gasteiger partial charge < -0.3 is 21.7 Å². The van der Waals surface area contributed by atoms with Gasteiger partial charge in [0.2, 0.25) is 5.95 Å². The van der Waals surface area contributed by atoms with Crippen molar-refractivity contribution in [3.8, 4) is 0 Å². The summed E-state index contributed by atoms with van der Waals surface area (Å²) in [4.78, 5) is 16.1. The largest absolute Gasteiger partial charge is 0.364 e. The lowest BCUT2D eigenvalue weighted by molar-refractivity contribution is 0.0995. The Hall–Kier alpha value is -2.74. The smallest absolute Gasteiger partial charge is 0.273 e. The molecule has 1 aliphatic heterocycles. The zero-order chi connectivity index (χ0) is 18.5. The minimum absolute atomic E-state index is 0.0188. The van der Waals surface area contributed by atoms with Crippen LogP contribution in [0.3, 0.4) is 0 Å². The van der Waals surface area contributed by atoms with Gasteiger partial charge in [-0.25, -0.2) is 0 Å². The summed E-state index contributed by atoms with van der Waals surface area (Å²) in [5.41, 5.74) is 7.48. The molecule has 2 aromatic rings. The van der Waals surface area contributed by atoms with Crippen LogP contribution in [0.25, 0.3) is 0 Å². The number of nitrogens with zero attached hydrogens (tertiary/aromatic N) is 3. The molecule has 1 amide bonds. The van der Waals surface area contributed by atoms with E-state index in [1.54, 1.807) is 0 Å². The van der Waals surface area contributed by atoms with E-state index in [1.807, 2.05) is 24.3 Å². The third kappa shape index (κ3) is 4.45. The summed E-state index contributed by atoms with van der Waals surface area (Å²) in [5, 5.41) is 17.7. The number of anilines is 3. The Morgan fingerprint density at radius 3 is 2.65 bits per heavy atom. The highest BCUT2D eigenvalue weighted by Gasteiger charge is 2.18. The molecule has 0 unspecified atom stereocenters. The van der Waals surface area contributed by atoms with Crippen LogP contribution in [-0.2, 0) is 0 Å². The number of primary amides is 1. The molecule has 1 aliphatic rings. The van der Waals surface area contributed by atoms with Crippen LogP contribution in [-0.4, -0.2) is 40.2 Å². The number of aromatic nitrogens is 3. The van der Waals surface area contributed by atoms with E-state index in [0.717, 1.165) is 31.6 Å². The van der Waals surface area contributed by atoms with Crippen molar-refractivity contribution in [2.45, 2.75) is 38.6 Å². The number of nitrogens with one attached hydrogen (secondary N) is 3. The third-order valence-electron chi connectivity index (χ3n) is 4.39. The van der Waals surface area contributed by atoms with Gasteiger partial charge in [-0.15, -0.1) is 10.2 Å². The van der Waals surface area contributed by atoms with E-state index in [-0.39, 0.29) is 11.7 Å². The van der Waals surface area contributed by atoms with E-state index in [1.165, 1.54) is 5.56 Å². The number of hydrogen-bond donors (Lipinski definition) is 4. The number of amides is 1. The van der Waals surface area contributed by atoms with Crippen molar-refractivity contribution in [3.05, 3.63) is 35.5 Å². The maximum atomic E-state index is 11.7. The highest BCUT2D eigenvalue weighted by molar-refractivity contribution is 5.96. The number of carbonyl (C=O) groups is 1. The summed E-state index contributed by atoms with van der Waals surface area (Å²) in [6.07, 6.45) is 2.13. The van der Waals surface area contributed by atoms with Gasteiger partial charge in [-0.05, 0) is 43.0 Å². The molecule has 2 heterocycles. The first-order valence-corrected chi connectivity index (χ1v) is 8.91. The van der Waals surface area contributed by atoms with Gasteiger partial charge in [-0.3, -0.25) is 4.79 Å². The van der Waals surface area contributed by atoms with Crippen LogP contribution in [0.5, 0.6) is 0 Å². The van der Waals surface area contributed by atoms with Crippen molar-refractivity contribution in [1.29, 1.82) is 0 Å². The molecule has 1 fully saturated rings. The zero-order valence-corrected chi connectivity index (χ0v) is 15.1. The van der Waals surface area contributed by atoms with Crippen LogP contribution in [0.1, 0.15) is 48.7 Å². The average Bonchev–Trinajstić information content (AvgIpc) is 2.63. The molecule has 8 nitrogen and oxygen atoms in total. The van der Waals surface area contributed by atoms with Gasteiger partial charge in [0.1, 0.15) is 0 Å². The summed E-state index contributed by atoms with van der Waals surface area (Å²) >= 11 is 0. The number of hydrogen-bond acceptors (Lipinski definition) is 7. The SMILES string of the molecule is CC(C)c1ccc(Nc2nc(N[C@H]3CCCNC3)nnc2C(N)=O)cc1. The van der Waals surface area contributed by atoms with E-state index in [0.29, 0.717) is 17.7 Å². The maximum Gasteiger partial charge on any atom is 0.273 e. The van der Waals surface area contributed by atoms with Gasteiger partial charge in [0, 0.05) is 18.3 Å². The lowest BCUT2D eigenvalue weighted by Crippen LogP contribution is -2.39. The van der Waals surface area contributed by atoms with Crippen molar-refractivity contribution in [2.75, 3.05) is 23.7 Å². The summed E-state index contributed by atoms with van der Waals surface area (Å²) < 4.78 is 0. The molecule has 138 valence electrons. The van der Waals surface area contributed by atoms with Crippen LogP contribution < -0.4 is 21.7 Å². The molecule has 1 atom stereocenters.